The van der Waals surface area contributed by atoms with Crippen molar-refractivity contribution in [1.82, 2.24) is 0 Å². The van der Waals surface area contributed by atoms with E-state index in [0.717, 1.165) is 28.7 Å². The molecule has 0 aliphatic heterocycles. The molecule has 4 bridgehead atoms. The molecule has 38 heavy (non-hydrogen) atoms. The van der Waals surface area contributed by atoms with Gasteiger partial charge in [0.1, 0.15) is 5.75 Å². The Morgan fingerprint density at radius 3 is 1.79 bits per heavy atom. The molecule has 0 saturated heterocycles. The van der Waals surface area contributed by atoms with Crippen molar-refractivity contribution in [3.05, 3.63) is 83.9 Å². The Labute approximate surface area is 230 Å². The van der Waals surface area contributed by atoms with Gasteiger partial charge in [0.25, 0.3) is 0 Å². The van der Waals surface area contributed by atoms with Crippen LogP contribution in [0.2, 0.25) is 0 Å². The van der Waals surface area contributed by atoms with E-state index in [4.69, 9.17) is 9.47 Å². The van der Waals surface area contributed by atoms with E-state index in [2.05, 4.69) is 93.6 Å². The van der Waals surface area contributed by atoms with Crippen LogP contribution in [-0.2, 0) is 20.4 Å². The fourth-order valence-electron chi connectivity index (χ4n) is 7.68. The molecule has 3 nitrogen and oxygen atoms in total. The third-order valence-electron chi connectivity index (χ3n) is 9.51. The zero-order chi connectivity index (χ0) is 26.3. The molecule has 0 unspecified atom stereocenters. The van der Waals surface area contributed by atoms with Gasteiger partial charge >= 0.3 is 5.97 Å². The molecule has 3 aromatic rings. The third kappa shape index (κ3) is 4.88. The molecule has 4 saturated carbocycles. The first-order valence-electron chi connectivity index (χ1n) is 14.1. The number of benzene rings is 3. The van der Waals surface area contributed by atoms with Gasteiger partial charge in [0.05, 0.1) is 17.5 Å². The molecule has 4 aliphatic carbocycles. The van der Waals surface area contributed by atoms with Crippen molar-refractivity contribution in [2.45, 2.75) is 67.6 Å². The minimum absolute atomic E-state index is 0.0409. The van der Waals surface area contributed by atoms with Crippen LogP contribution >= 0.6 is 0 Å². The third-order valence-corrected chi connectivity index (χ3v) is 11.7. The SMILES string of the molecule is Cc1cc([S+](c2ccccc2)c2ccccc2)cc(C)c1OCC(=O)OCC1(C)C2CC3CC(C2)CC1C3. The summed E-state index contributed by atoms with van der Waals surface area (Å²) < 4.78 is 12.0. The first-order valence-corrected chi connectivity index (χ1v) is 15.4. The Hall–Kier alpha value is -2.72. The van der Waals surface area contributed by atoms with E-state index >= 15 is 0 Å². The van der Waals surface area contributed by atoms with E-state index in [1.807, 2.05) is 0 Å². The largest absolute Gasteiger partial charge is 0.481 e. The lowest BCUT2D eigenvalue weighted by atomic mass is 9.46. The summed E-state index contributed by atoms with van der Waals surface area (Å²) in [6.07, 6.45) is 6.75. The van der Waals surface area contributed by atoms with Gasteiger partial charge in [0, 0.05) is 17.5 Å². The molecule has 4 fully saturated rings. The molecule has 0 radical (unpaired) electrons. The van der Waals surface area contributed by atoms with E-state index in [1.165, 1.54) is 46.8 Å². The van der Waals surface area contributed by atoms with Gasteiger partial charge in [-0.25, -0.2) is 4.79 Å². The van der Waals surface area contributed by atoms with E-state index in [1.54, 1.807) is 0 Å². The zero-order valence-corrected chi connectivity index (χ0v) is 23.6. The van der Waals surface area contributed by atoms with Crippen LogP contribution in [0.4, 0.5) is 0 Å². The second-order valence-corrected chi connectivity index (χ2v) is 14.1. The fraction of sp³-hybridized carbons (Fsp3) is 0.441. The van der Waals surface area contributed by atoms with Gasteiger partial charge in [-0.1, -0.05) is 43.3 Å². The topological polar surface area (TPSA) is 35.5 Å². The van der Waals surface area contributed by atoms with E-state index < -0.39 is 0 Å². The summed E-state index contributed by atoms with van der Waals surface area (Å²) in [6, 6.07) is 25.8. The molecule has 0 atom stereocenters. The predicted molar refractivity (Wildman–Crippen MR) is 153 cm³/mol. The summed E-state index contributed by atoms with van der Waals surface area (Å²) in [5, 5.41) is 0. The van der Waals surface area contributed by atoms with Crippen LogP contribution in [0.15, 0.2) is 87.5 Å². The molecule has 7 rings (SSSR count). The lowest BCUT2D eigenvalue weighted by molar-refractivity contribution is -0.165. The highest BCUT2D eigenvalue weighted by atomic mass is 32.2. The molecule has 4 aliphatic rings. The zero-order valence-electron chi connectivity index (χ0n) is 22.8. The Balaban J connectivity index is 1.14. The van der Waals surface area contributed by atoms with Crippen molar-refractivity contribution in [2.75, 3.05) is 13.2 Å². The highest BCUT2D eigenvalue weighted by Gasteiger charge is 2.55. The van der Waals surface area contributed by atoms with Crippen molar-refractivity contribution in [3.8, 4) is 5.75 Å². The van der Waals surface area contributed by atoms with Crippen molar-refractivity contribution in [1.29, 1.82) is 0 Å². The summed E-state index contributed by atoms with van der Waals surface area (Å²) in [7, 11) is -0.216. The standard InChI is InChI=1S/C34H39O3S/c1-23-14-31(38(29-10-6-4-7-11-29)30-12-8-5-9-13-30)15-24(2)33(23)36-21-32(35)37-22-34(3)27-17-25-16-26(19-27)20-28(34)18-25/h4-15,25-28H,16-22H2,1-3H3/q+1. The number of carbonyl (C=O) groups is 1. The number of rotatable bonds is 8. The highest BCUT2D eigenvalue weighted by Crippen LogP contribution is 2.62. The van der Waals surface area contributed by atoms with Gasteiger partial charge in [-0.15, -0.1) is 0 Å². The Morgan fingerprint density at radius 1 is 0.789 bits per heavy atom. The second kappa shape index (κ2) is 10.4. The quantitative estimate of drug-likeness (QED) is 0.222. The van der Waals surface area contributed by atoms with Crippen molar-refractivity contribution in [2.24, 2.45) is 29.1 Å². The van der Waals surface area contributed by atoms with Crippen LogP contribution in [-0.4, -0.2) is 19.2 Å². The smallest absolute Gasteiger partial charge is 0.344 e. The van der Waals surface area contributed by atoms with Crippen LogP contribution in [0.5, 0.6) is 5.75 Å². The first-order chi connectivity index (χ1) is 18.4. The maximum atomic E-state index is 12.8. The molecular formula is C34H39O3S+. The lowest BCUT2D eigenvalue weighted by Gasteiger charge is -2.59. The number of hydrogen-bond donors (Lipinski definition) is 0. The summed E-state index contributed by atoms with van der Waals surface area (Å²) in [6.45, 7) is 7.02. The Kier molecular flexibility index (Phi) is 7.03. The van der Waals surface area contributed by atoms with Crippen molar-refractivity contribution < 1.29 is 14.3 Å². The minimum Gasteiger partial charge on any atom is -0.481 e. The molecular weight excluding hydrogens is 488 g/mol. The van der Waals surface area contributed by atoms with Crippen molar-refractivity contribution >= 4 is 16.9 Å². The maximum Gasteiger partial charge on any atom is 0.344 e. The lowest BCUT2D eigenvalue weighted by Crippen LogP contribution is -2.53. The molecule has 0 N–H and O–H groups in total. The molecule has 0 heterocycles. The van der Waals surface area contributed by atoms with Crippen LogP contribution in [0.1, 0.15) is 50.2 Å². The average Bonchev–Trinajstić information content (AvgIpc) is 2.91. The monoisotopic (exact) mass is 527 g/mol. The molecule has 0 spiro atoms. The summed E-state index contributed by atoms with van der Waals surface area (Å²) in [5.74, 6) is 3.80. The molecule has 0 amide bonds. The minimum atomic E-state index is -0.253. The normalized spacial score (nSPS) is 27.5. The number of hydrogen-bond acceptors (Lipinski definition) is 3. The molecule has 0 aromatic heterocycles. The van der Waals surface area contributed by atoms with Crippen molar-refractivity contribution in [3.63, 3.8) is 0 Å². The average molecular weight is 528 g/mol. The number of ether oxygens (including phenoxy) is 2. The van der Waals surface area contributed by atoms with Gasteiger partial charge < -0.3 is 9.47 Å². The Morgan fingerprint density at radius 2 is 1.29 bits per heavy atom. The van der Waals surface area contributed by atoms with E-state index in [-0.39, 0.29) is 28.9 Å². The summed E-state index contributed by atoms with van der Waals surface area (Å²) in [4.78, 5) is 16.6. The number of carbonyl (C=O) groups excluding carboxylic acids is 1. The predicted octanol–water partition coefficient (Wildman–Crippen LogP) is 7.78. The van der Waals surface area contributed by atoms with E-state index in [9.17, 15) is 4.79 Å². The van der Waals surface area contributed by atoms with Gasteiger partial charge in [-0.05, 0) is 105 Å². The van der Waals surface area contributed by atoms with Crippen LogP contribution in [0.3, 0.4) is 0 Å². The first kappa shape index (κ1) is 25.6. The summed E-state index contributed by atoms with van der Waals surface area (Å²) >= 11 is 0. The van der Waals surface area contributed by atoms with Gasteiger partial charge in [0.15, 0.2) is 21.3 Å². The maximum absolute atomic E-state index is 12.8. The van der Waals surface area contributed by atoms with Gasteiger partial charge in [-0.2, -0.15) is 0 Å². The van der Waals surface area contributed by atoms with Crippen LogP contribution in [0.25, 0.3) is 0 Å². The van der Waals surface area contributed by atoms with Crippen LogP contribution in [0, 0.1) is 42.9 Å². The number of aryl methyl sites for hydroxylation is 2. The second-order valence-electron chi connectivity index (χ2n) is 12.1. The Bertz CT molecular complexity index is 1200. The fourth-order valence-corrected chi connectivity index (χ4v) is 9.95. The van der Waals surface area contributed by atoms with E-state index in [0.29, 0.717) is 18.4 Å². The highest BCUT2D eigenvalue weighted by molar-refractivity contribution is 7.97. The van der Waals surface area contributed by atoms with Crippen LogP contribution < -0.4 is 4.74 Å². The van der Waals surface area contributed by atoms with Gasteiger partial charge in [0.2, 0.25) is 0 Å². The molecule has 3 aromatic carbocycles. The molecule has 4 heteroatoms. The molecule has 198 valence electrons. The summed E-state index contributed by atoms with van der Waals surface area (Å²) in [5.41, 5.74) is 2.23. The number of esters is 1. The van der Waals surface area contributed by atoms with Gasteiger partial charge in [-0.3, -0.25) is 0 Å².